The van der Waals surface area contributed by atoms with E-state index in [0.717, 1.165) is 45.2 Å². The van der Waals surface area contributed by atoms with Gasteiger partial charge in [-0.2, -0.15) is 0 Å². The lowest BCUT2D eigenvalue weighted by molar-refractivity contribution is 0.0456. The number of amides is 1. The van der Waals surface area contributed by atoms with Crippen LogP contribution in [-0.2, 0) is 12.8 Å². The maximum atomic E-state index is 14.6. The number of carbonyl (C=O) groups excluding carboxylic acids is 1. The first-order valence-corrected chi connectivity index (χ1v) is 12.1. The Kier molecular flexibility index (Phi) is 6.27. The van der Waals surface area contributed by atoms with Crippen molar-refractivity contribution >= 4 is 16.9 Å². The largest absolute Gasteiger partial charge is 0.391 e. The molecule has 0 spiro atoms. The molecule has 1 saturated heterocycles. The highest BCUT2D eigenvalue weighted by Gasteiger charge is 2.29. The number of hydrogen-bond acceptors (Lipinski definition) is 4. The molecule has 2 aromatic carbocycles. The summed E-state index contributed by atoms with van der Waals surface area (Å²) in [7, 11) is 1.44. The number of aryl methyl sites for hydroxylation is 1. The second kappa shape index (κ2) is 9.35. The Morgan fingerprint density at radius 3 is 2.68 bits per heavy atom. The Morgan fingerprint density at radius 2 is 1.94 bits per heavy atom. The Balaban J connectivity index is 1.24. The van der Waals surface area contributed by atoms with Crippen LogP contribution in [0.1, 0.15) is 46.8 Å². The molecule has 8 heteroatoms. The quantitative estimate of drug-likeness (QED) is 0.539. The molecule has 0 bridgehead atoms. The number of carbonyl (C=O) groups is 1. The Morgan fingerprint density at radius 1 is 1.21 bits per heavy atom. The molecule has 3 N–H and O–H groups in total. The standard InChI is InChI=1S/C26H31FN4O3/c1-28-25(33)20-13-22-23(14-21(20)27)31(26(34)29-22)19-8-10-30(11-9-19)15-24(32)18-7-6-16-4-2-3-5-17(16)12-18/h2-5,13-14,18-19,24,32H,6-12,15H2,1H3,(H,28,33)(H,29,34). The van der Waals surface area contributed by atoms with E-state index in [0.29, 0.717) is 17.6 Å². The van der Waals surface area contributed by atoms with Crippen molar-refractivity contribution in [3.05, 3.63) is 69.4 Å². The van der Waals surface area contributed by atoms with Crippen molar-refractivity contribution in [1.82, 2.24) is 19.8 Å². The van der Waals surface area contributed by atoms with Gasteiger partial charge < -0.3 is 20.3 Å². The lowest BCUT2D eigenvalue weighted by Crippen LogP contribution is -2.43. The number of rotatable bonds is 5. The summed E-state index contributed by atoms with van der Waals surface area (Å²) in [5, 5.41) is 13.3. The zero-order chi connectivity index (χ0) is 23.8. The van der Waals surface area contributed by atoms with E-state index in [-0.39, 0.29) is 29.3 Å². The molecule has 1 aliphatic carbocycles. The summed E-state index contributed by atoms with van der Waals surface area (Å²) in [6.45, 7) is 2.17. The SMILES string of the molecule is CNC(=O)c1cc2[nH]c(=O)n(C3CCN(CC(O)C4CCc5ccccc5C4)CC3)c2cc1F. The van der Waals surface area contributed by atoms with Crippen molar-refractivity contribution in [2.24, 2.45) is 5.92 Å². The molecule has 180 valence electrons. The molecule has 1 amide bonds. The van der Waals surface area contributed by atoms with Crippen LogP contribution >= 0.6 is 0 Å². The molecule has 0 saturated carbocycles. The first-order valence-electron chi connectivity index (χ1n) is 12.1. The maximum Gasteiger partial charge on any atom is 0.326 e. The van der Waals surface area contributed by atoms with Crippen LogP contribution in [0.15, 0.2) is 41.2 Å². The van der Waals surface area contributed by atoms with Gasteiger partial charge in [-0.25, -0.2) is 9.18 Å². The third-order valence-electron chi connectivity index (χ3n) is 7.57. The lowest BCUT2D eigenvalue weighted by atomic mass is 9.81. The molecule has 34 heavy (non-hydrogen) atoms. The van der Waals surface area contributed by atoms with E-state index in [4.69, 9.17) is 0 Å². The van der Waals surface area contributed by atoms with Crippen LogP contribution in [0.25, 0.3) is 11.0 Å². The molecule has 2 heterocycles. The van der Waals surface area contributed by atoms with Gasteiger partial charge in [0, 0.05) is 38.8 Å². The molecular weight excluding hydrogens is 435 g/mol. The zero-order valence-corrected chi connectivity index (χ0v) is 19.4. The smallest absolute Gasteiger partial charge is 0.326 e. The Bertz CT molecular complexity index is 1260. The van der Waals surface area contributed by atoms with Crippen molar-refractivity contribution < 1.29 is 14.3 Å². The predicted molar refractivity (Wildman–Crippen MR) is 129 cm³/mol. The minimum absolute atomic E-state index is 0.0542. The van der Waals surface area contributed by atoms with Crippen LogP contribution in [0, 0.1) is 11.7 Å². The average molecular weight is 467 g/mol. The first-order chi connectivity index (χ1) is 16.4. The first kappa shape index (κ1) is 22.8. The monoisotopic (exact) mass is 466 g/mol. The fraction of sp³-hybridized carbons (Fsp3) is 0.462. The number of imidazole rings is 1. The number of piperidine rings is 1. The summed E-state index contributed by atoms with van der Waals surface area (Å²) < 4.78 is 16.2. The highest BCUT2D eigenvalue weighted by molar-refractivity contribution is 5.97. The van der Waals surface area contributed by atoms with Crippen LogP contribution in [0.3, 0.4) is 0 Å². The molecule has 2 atom stereocenters. The van der Waals surface area contributed by atoms with Gasteiger partial charge in [0.1, 0.15) is 5.82 Å². The number of halogens is 1. The van der Waals surface area contributed by atoms with Crippen LogP contribution in [0.4, 0.5) is 4.39 Å². The predicted octanol–water partition coefficient (Wildman–Crippen LogP) is 2.63. The van der Waals surface area contributed by atoms with Crippen molar-refractivity contribution in [1.29, 1.82) is 0 Å². The molecular formula is C26H31FN4O3. The van der Waals surface area contributed by atoms with E-state index in [1.807, 2.05) is 0 Å². The number of aromatic nitrogens is 2. The van der Waals surface area contributed by atoms with Crippen LogP contribution in [0.2, 0.25) is 0 Å². The number of hydrogen-bond donors (Lipinski definition) is 3. The summed E-state index contributed by atoms with van der Waals surface area (Å²) >= 11 is 0. The fourth-order valence-electron chi connectivity index (χ4n) is 5.65. The number of likely N-dealkylation sites (tertiary alicyclic amines) is 1. The summed E-state index contributed by atoms with van der Waals surface area (Å²) in [6.07, 6.45) is 4.04. The molecule has 1 fully saturated rings. The minimum Gasteiger partial charge on any atom is -0.391 e. The second-order valence-corrected chi connectivity index (χ2v) is 9.60. The van der Waals surface area contributed by atoms with E-state index in [1.165, 1.54) is 30.3 Å². The van der Waals surface area contributed by atoms with E-state index in [2.05, 4.69) is 39.5 Å². The highest BCUT2D eigenvalue weighted by atomic mass is 19.1. The number of benzene rings is 2. The van der Waals surface area contributed by atoms with Gasteiger partial charge >= 0.3 is 5.69 Å². The van der Waals surface area contributed by atoms with Crippen LogP contribution < -0.4 is 11.0 Å². The number of nitrogens with zero attached hydrogens (tertiary/aromatic N) is 2. The average Bonchev–Trinajstić information content (AvgIpc) is 3.17. The fourth-order valence-corrected chi connectivity index (χ4v) is 5.65. The van der Waals surface area contributed by atoms with Crippen LogP contribution in [-0.4, -0.2) is 58.3 Å². The summed E-state index contributed by atoms with van der Waals surface area (Å²) in [5.41, 5.74) is 3.31. The van der Waals surface area contributed by atoms with E-state index >= 15 is 0 Å². The zero-order valence-electron chi connectivity index (χ0n) is 19.4. The van der Waals surface area contributed by atoms with Gasteiger partial charge in [0.2, 0.25) is 0 Å². The third-order valence-corrected chi connectivity index (χ3v) is 7.57. The number of β-amino-alcohol motifs (C(OH)–C–C–N with tert-alkyl or cyclic N) is 1. The van der Waals surface area contributed by atoms with Gasteiger partial charge in [0.25, 0.3) is 5.91 Å². The summed E-state index contributed by atoms with van der Waals surface area (Å²) in [6, 6.07) is 11.1. The number of nitrogens with one attached hydrogen (secondary N) is 2. The normalized spacial score (nSPS) is 20.3. The third kappa shape index (κ3) is 4.28. The van der Waals surface area contributed by atoms with E-state index < -0.39 is 11.7 Å². The lowest BCUT2D eigenvalue weighted by Gasteiger charge is -2.36. The van der Waals surface area contributed by atoms with E-state index in [1.54, 1.807) is 4.57 Å². The Hall–Kier alpha value is -2.97. The van der Waals surface area contributed by atoms with Crippen molar-refractivity contribution in [2.45, 2.75) is 44.2 Å². The number of fused-ring (bicyclic) bond motifs is 2. The molecule has 1 aromatic heterocycles. The minimum atomic E-state index is -0.644. The van der Waals surface area contributed by atoms with Gasteiger partial charge in [0.05, 0.1) is 22.7 Å². The van der Waals surface area contributed by atoms with Crippen molar-refractivity contribution in [3.63, 3.8) is 0 Å². The van der Waals surface area contributed by atoms with Crippen LogP contribution in [0.5, 0.6) is 0 Å². The van der Waals surface area contributed by atoms with Gasteiger partial charge in [0.15, 0.2) is 0 Å². The molecule has 3 aromatic rings. The van der Waals surface area contributed by atoms with Gasteiger partial charge in [-0.1, -0.05) is 24.3 Å². The number of aliphatic hydroxyl groups excluding tert-OH is 1. The molecule has 2 unspecified atom stereocenters. The summed E-state index contributed by atoms with van der Waals surface area (Å²) in [5.74, 6) is -0.906. The molecule has 5 rings (SSSR count). The molecule has 2 aliphatic rings. The molecule has 0 radical (unpaired) electrons. The van der Waals surface area contributed by atoms with Gasteiger partial charge in [-0.3, -0.25) is 9.36 Å². The number of aliphatic hydroxyl groups is 1. The number of aromatic amines is 1. The summed E-state index contributed by atoms with van der Waals surface area (Å²) in [4.78, 5) is 29.6. The van der Waals surface area contributed by atoms with Gasteiger partial charge in [-0.05, 0) is 55.2 Å². The molecule has 1 aliphatic heterocycles. The maximum absolute atomic E-state index is 14.6. The Labute approximate surface area is 197 Å². The molecule has 7 nitrogen and oxygen atoms in total. The topological polar surface area (TPSA) is 90.4 Å². The highest BCUT2D eigenvalue weighted by Crippen LogP contribution is 2.30. The second-order valence-electron chi connectivity index (χ2n) is 9.60. The van der Waals surface area contributed by atoms with Crippen molar-refractivity contribution in [2.75, 3.05) is 26.7 Å². The van der Waals surface area contributed by atoms with Gasteiger partial charge in [-0.15, -0.1) is 0 Å². The van der Waals surface area contributed by atoms with E-state index in [9.17, 15) is 19.1 Å². The van der Waals surface area contributed by atoms with Crippen molar-refractivity contribution in [3.8, 4) is 0 Å². The number of H-pyrrole nitrogens is 1.